The number of hydrogen-bond donors (Lipinski definition) is 1. The molecule has 1 aliphatic rings. The van der Waals surface area contributed by atoms with Crippen LogP contribution in [0.15, 0.2) is 42.5 Å². The summed E-state index contributed by atoms with van der Waals surface area (Å²) in [6.07, 6.45) is 3.97. The van der Waals surface area contributed by atoms with E-state index >= 15 is 0 Å². The van der Waals surface area contributed by atoms with Gasteiger partial charge in [-0.15, -0.1) is 11.3 Å². The van der Waals surface area contributed by atoms with Crippen molar-refractivity contribution in [1.29, 1.82) is 0 Å². The number of nitrogens with one attached hydrogen (secondary N) is 1. The van der Waals surface area contributed by atoms with Gasteiger partial charge in [0, 0.05) is 15.8 Å². The highest BCUT2D eigenvalue weighted by atomic mass is 32.1. The Balaban J connectivity index is 1.83. The maximum absolute atomic E-state index is 3.61. The Morgan fingerprint density at radius 2 is 1.88 bits per heavy atom. The molecule has 2 heterocycles. The van der Waals surface area contributed by atoms with Crippen LogP contribution in [0, 0.1) is 0 Å². The van der Waals surface area contributed by atoms with E-state index in [1.54, 1.807) is 0 Å². The van der Waals surface area contributed by atoms with Gasteiger partial charge in [-0.25, -0.2) is 0 Å². The third-order valence-corrected chi connectivity index (χ3v) is 4.59. The highest BCUT2D eigenvalue weighted by Gasteiger charge is 2.16. The van der Waals surface area contributed by atoms with Crippen LogP contribution in [0.1, 0.15) is 30.2 Å². The zero-order chi connectivity index (χ0) is 11.5. The zero-order valence-corrected chi connectivity index (χ0v) is 10.7. The Morgan fingerprint density at radius 1 is 1.00 bits per heavy atom. The lowest BCUT2D eigenvalue weighted by atomic mass is 10.0. The molecule has 0 bridgehead atoms. The lowest BCUT2D eigenvalue weighted by molar-refractivity contribution is 0.417. The molecular formula is C15H17NS. The predicted octanol–water partition coefficient (Wildman–Crippen LogP) is 4.23. The molecule has 0 amide bonds. The molecular weight excluding hydrogens is 226 g/mol. The molecule has 1 aromatic carbocycles. The largest absolute Gasteiger partial charge is 0.309 e. The van der Waals surface area contributed by atoms with E-state index in [4.69, 9.17) is 0 Å². The SMILES string of the molecule is c1ccc(-c2ccc(C3CCCCN3)s2)cc1. The van der Waals surface area contributed by atoms with E-state index in [1.807, 2.05) is 11.3 Å². The molecule has 0 saturated carbocycles. The molecule has 0 aliphatic carbocycles. The van der Waals surface area contributed by atoms with Gasteiger partial charge in [0.15, 0.2) is 0 Å². The lowest BCUT2D eigenvalue weighted by Gasteiger charge is -2.22. The molecule has 0 radical (unpaired) electrons. The topological polar surface area (TPSA) is 12.0 Å². The average molecular weight is 243 g/mol. The first-order chi connectivity index (χ1) is 8.43. The smallest absolute Gasteiger partial charge is 0.0415 e. The van der Waals surface area contributed by atoms with Crippen LogP contribution in [0.3, 0.4) is 0 Å². The minimum atomic E-state index is 0.589. The molecule has 3 rings (SSSR count). The molecule has 2 heteroatoms. The molecule has 1 N–H and O–H groups in total. The summed E-state index contributed by atoms with van der Waals surface area (Å²) in [5.41, 5.74) is 1.33. The number of thiophene rings is 1. The summed E-state index contributed by atoms with van der Waals surface area (Å²) in [4.78, 5) is 2.87. The van der Waals surface area contributed by atoms with Gasteiger partial charge in [-0.3, -0.25) is 0 Å². The van der Waals surface area contributed by atoms with E-state index < -0.39 is 0 Å². The second-order valence-electron chi connectivity index (χ2n) is 4.57. The normalized spacial score (nSPS) is 20.4. The Kier molecular flexibility index (Phi) is 3.25. The van der Waals surface area contributed by atoms with Gasteiger partial charge in [0.25, 0.3) is 0 Å². The van der Waals surface area contributed by atoms with Crippen LogP contribution in [-0.4, -0.2) is 6.54 Å². The summed E-state index contributed by atoms with van der Waals surface area (Å²) in [7, 11) is 0. The first-order valence-electron chi connectivity index (χ1n) is 6.32. The highest BCUT2D eigenvalue weighted by Crippen LogP contribution is 2.34. The van der Waals surface area contributed by atoms with E-state index in [2.05, 4.69) is 47.8 Å². The standard InChI is InChI=1S/C15H17NS/c1-2-6-12(7-3-1)14-9-10-15(17-14)13-8-4-5-11-16-13/h1-3,6-7,9-10,13,16H,4-5,8,11H2. The fraction of sp³-hybridized carbons (Fsp3) is 0.333. The quantitative estimate of drug-likeness (QED) is 0.832. The predicted molar refractivity (Wildman–Crippen MR) is 74.3 cm³/mol. The monoisotopic (exact) mass is 243 g/mol. The van der Waals surface area contributed by atoms with E-state index in [-0.39, 0.29) is 0 Å². The van der Waals surface area contributed by atoms with Crippen molar-refractivity contribution in [3.8, 4) is 10.4 Å². The Bertz CT molecular complexity index is 469. The van der Waals surface area contributed by atoms with Crippen LogP contribution in [0.25, 0.3) is 10.4 Å². The van der Waals surface area contributed by atoms with Crippen LogP contribution in [-0.2, 0) is 0 Å². The molecule has 0 spiro atoms. The lowest BCUT2D eigenvalue weighted by Crippen LogP contribution is -2.25. The summed E-state index contributed by atoms with van der Waals surface area (Å²) in [5.74, 6) is 0. The molecule has 1 unspecified atom stereocenters. The van der Waals surface area contributed by atoms with Crippen LogP contribution in [0.5, 0.6) is 0 Å². The highest BCUT2D eigenvalue weighted by molar-refractivity contribution is 7.15. The number of hydrogen-bond acceptors (Lipinski definition) is 2. The summed E-state index contributed by atoms with van der Waals surface area (Å²) in [6.45, 7) is 1.17. The molecule has 1 fully saturated rings. The Labute approximate surface area is 106 Å². The van der Waals surface area contributed by atoms with Crippen LogP contribution in [0.4, 0.5) is 0 Å². The van der Waals surface area contributed by atoms with Gasteiger partial charge in [0.2, 0.25) is 0 Å². The van der Waals surface area contributed by atoms with Gasteiger partial charge < -0.3 is 5.32 Å². The molecule has 17 heavy (non-hydrogen) atoms. The minimum absolute atomic E-state index is 0.589. The van der Waals surface area contributed by atoms with E-state index in [9.17, 15) is 0 Å². The zero-order valence-electron chi connectivity index (χ0n) is 9.86. The first-order valence-corrected chi connectivity index (χ1v) is 7.14. The van der Waals surface area contributed by atoms with Gasteiger partial charge in [0.1, 0.15) is 0 Å². The Morgan fingerprint density at radius 3 is 2.65 bits per heavy atom. The van der Waals surface area contributed by atoms with E-state index in [0.717, 1.165) is 0 Å². The Hall–Kier alpha value is -1.12. The van der Waals surface area contributed by atoms with Crippen molar-refractivity contribution in [2.24, 2.45) is 0 Å². The van der Waals surface area contributed by atoms with Gasteiger partial charge in [0.05, 0.1) is 0 Å². The molecule has 1 saturated heterocycles. The van der Waals surface area contributed by atoms with Crippen molar-refractivity contribution in [1.82, 2.24) is 5.32 Å². The second kappa shape index (κ2) is 5.03. The van der Waals surface area contributed by atoms with Gasteiger partial charge in [-0.05, 0) is 37.1 Å². The molecule has 1 aliphatic heterocycles. The molecule has 1 nitrogen and oxygen atoms in total. The summed E-state index contributed by atoms with van der Waals surface area (Å²) < 4.78 is 0. The van der Waals surface area contributed by atoms with E-state index in [1.165, 1.54) is 41.1 Å². The number of piperidine rings is 1. The number of rotatable bonds is 2. The van der Waals surface area contributed by atoms with Crippen molar-refractivity contribution in [2.45, 2.75) is 25.3 Å². The van der Waals surface area contributed by atoms with Crippen LogP contribution < -0.4 is 5.32 Å². The molecule has 1 atom stereocenters. The van der Waals surface area contributed by atoms with Crippen molar-refractivity contribution in [2.75, 3.05) is 6.54 Å². The maximum atomic E-state index is 3.61. The first kappa shape index (κ1) is 11.0. The summed E-state index contributed by atoms with van der Waals surface area (Å²) in [6, 6.07) is 15.8. The molecule has 1 aromatic heterocycles. The minimum Gasteiger partial charge on any atom is -0.309 e. The van der Waals surface area contributed by atoms with E-state index in [0.29, 0.717) is 6.04 Å². The fourth-order valence-corrected chi connectivity index (χ4v) is 3.52. The van der Waals surface area contributed by atoms with Gasteiger partial charge in [-0.1, -0.05) is 36.8 Å². The second-order valence-corrected chi connectivity index (χ2v) is 5.69. The summed E-state index contributed by atoms with van der Waals surface area (Å²) >= 11 is 1.93. The third kappa shape index (κ3) is 2.43. The van der Waals surface area contributed by atoms with Crippen LogP contribution in [0.2, 0.25) is 0 Å². The van der Waals surface area contributed by atoms with Crippen LogP contribution >= 0.6 is 11.3 Å². The average Bonchev–Trinajstić information content (AvgIpc) is 2.90. The van der Waals surface area contributed by atoms with Gasteiger partial charge >= 0.3 is 0 Å². The summed E-state index contributed by atoms with van der Waals surface area (Å²) in [5, 5.41) is 3.61. The maximum Gasteiger partial charge on any atom is 0.0415 e. The van der Waals surface area contributed by atoms with Gasteiger partial charge in [-0.2, -0.15) is 0 Å². The molecule has 88 valence electrons. The number of benzene rings is 1. The van der Waals surface area contributed by atoms with Crippen molar-refractivity contribution in [3.05, 3.63) is 47.3 Å². The molecule has 2 aromatic rings. The third-order valence-electron chi connectivity index (χ3n) is 3.34. The van der Waals surface area contributed by atoms with Crippen molar-refractivity contribution >= 4 is 11.3 Å². The fourth-order valence-electron chi connectivity index (χ4n) is 2.39. The van der Waals surface area contributed by atoms with Crippen molar-refractivity contribution in [3.63, 3.8) is 0 Å². The van der Waals surface area contributed by atoms with Crippen molar-refractivity contribution < 1.29 is 0 Å².